The number of nitrogens with zero attached hydrogens (tertiary/aromatic N) is 1. The van der Waals surface area contributed by atoms with Crippen molar-refractivity contribution >= 4 is 21.6 Å². The molecule has 2 rings (SSSR count). The molecule has 0 spiro atoms. The molecule has 0 unspecified atom stereocenters. The number of hydrogen-bond donors (Lipinski definition) is 1. The summed E-state index contributed by atoms with van der Waals surface area (Å²) in [5, 5.41) is 2.91. The number of rotatable bonds is 7. The van der Waals surface area contributed by atoms with Crippen molar-refractivity contribution in [3.8, 4) is 5.75 Å². The molecular weight excluding hydrogens is 352 g/mol. The Morgan fingerprint density at radius 2 is 1.62 bits per heavy atom. The van der Waals surface area contributed by atoms with Gasteiger partial charge in [-0.25, -0.2) is 8.42 Å². The molecule has 2 aromatic rings. The molecule has 140 valence electrons. The lowest BCUT2D eigenvalue weighted by atomic mass is 10.1. The summed E-state index contributed by atoms with van der Waals surface area (Å²) >= 11 is 0. The first-order chi connectivity index (χ1) is 12.2. The fourth-order valence-corrected chi connectivity index (χ4v) is 2.84. The number of ether oxygens (including phenoxy) is 1. The van der Waals surface area contributed by atoms with Gasteiger partial charge in [0, 0.05) is 7.05 Å². The van der Waals surface area contributed by atoms with E-state index < -0.39 is 16.1 Å². The van der Waals surface area contributed by atoms with Crippen LogP contribution in [0.4, 0.5) is 5.69 Å². The number of nitrogens with one attached hydrogen (secondary N) is 1. The Hall–Kier alpha value is -2.54. The number of sulfonamides is 1. The van der Waals surface area contributed by atoms with Crippen LogP contribution in [-0.4, -0.2) is 33.7 Å². The highest BCUT2D eigenvalue weighted by molar-refractivity contribution is 7.92. The largest absolute Gasteiger partial charge is 0.481 e. The molecule has 0 saturated heterocycles. The number of hydrogen-bond acceptors (Lipinski definition) is 4. The summed E-state index contributed by atoms with van der Waals surface area (Å²) in [6.07, 6.45) is 0.456. The predicted octanol–water partition coefficient (Wildman–Crippen LogP) is 2.73. The lowest BCUT2D eigenvalue weighted by Gasteiger charge is -2.20. The molecule has 0 aliphatic heterocycles. The van der Waals surface area contributed by atoms with Gasteiger partial charge >= 0.3 is 0 Å². The van der Waals surface area contributed by atoms with E-state index in [0.29, 0.717) is 11.4 Å². The van der Waals surface area contributed by atoms with Crippen molar-refractivity contribution in [2.24, 2.45) is 0 Å². The molecule has 1 amide bonds. The van der Waals surface area contributed by atoms with E-state index in [9.17, 15) is 13.2 Å². The van der Waals surface area contributed by atoms with E-state index in [0.717, 1.165) is 11.8 Å². The average molecular weight is 376 g/mol. The van der Waals surface area contributed by atoms with E-state index in [1.807, 2.05) is 37.3 Å². The first kappa shape index (κ1) is 19.8. The lowest BCUT2D eigenvalue weighted by molar-refractivity contribution is -0.127. The van der Waals surface area contributed by atoms with E-state index in [1.54, 1.807) is 31.2 Å². The molecular formula is C19H24N2O4S. The molecule has 0 saturated carbocycles. The van der Waals surface area contributed by atoms with E-state index >= 15 is 0 Å². The standard InChI is InChI=1S/C19H24N2O4S/c1-14(16-8-6-5-7-9-16)20-19(22)15(2)25-18-12-10-17(11-13-18)21(3)26(4,23)24/h5-15H,1-4H3,(H,20,22)/t14-,15-/m1/s1. The lowest BCUT2D eigenvalue weighted by Crippen LogP contribution is -2.37. The Labute approximate surface area is 154 Å². The Kier molecular flexibility index (Phi) is 6.26. The van der Waals surface area contributed by atoms with Crippen LogP contribution in [0.3, 0.4) is 0 Å². The number of benzene rings is 2. The van der Waals surface area contributed by atoms with Crippen LogP contribution in [0.2, 0.25) is 0 Å². The van der Waals surface area contributed by atoms with Gasteiger partial charge in [-0.15, -0.1) is 0 Å². The SMILES string of the molecule is C[C@@H](Oc1ccc(N(C)S(C)(=O)=O)cc1)C(=O)N[C@H](C)c1ccccc1. The van der Waals surface area contributed by atoms with Crippen LogP contribution in [0.1, 0.15) is 25.5 Å². The maximum Gasteiger partial charge on any atom is 0.261 e. The van der Waals surface area contributed by atoms with Crippen molar-refractivity contribution in [3.63, 3.8) is 0 Å². The van der Waals surface area contributed by atoms with Crippen molar-refractivity contribution < 1.29 is 17.9 Å². The maximum absolute atomic E-state index is 12.3. The topological polar surface area (TPSA) is 75.7 Å². The highest BCUT2D eigenvalue weighted by Gasteiger charge is 2.18. The number of amides is 1. The monoisotopic (exact) mass is 376 g/mol. The molecule has 0 radical (unpaired) electrons. The number of carbonyl (C=O) groups excluding carboxylic acids is 1. The first-order valence-electron chi connectivity index (χ1n) is 8.24. The van der Waals surface area contributed by atoms with Gasteiger partial charge in [0.1, 0.15) is 5.75 Å². The molecule has 0 aliphatic carbocycles. The summed E-state index contributed by atoms with van der Waals surface area (Å²) in [5.74, 6) is 0.268. The van der Waals surface area contributed by atoms with Gasteiger partial charge in [0.05, 0.1) is 18.0 Å². The van der Waals surface area contributed by atoms with Gasteiger partial charge in [0.15, 0.2) is 6.10 Å². The van der Waals surface area contributed by atoms with Crippen molar-refractivity contribution in [2.45, 2.75) is 26.0 Å². The summed E-state index contributed by atoms with van der Waals surface area (Å²) in [7, 11) is -1.84. The third-order valence-corrected chi connectivity index (χ3v) is 5.24. The molecule has 2 atom stereocenters. The molecule has 0 aromatic heterocycles. The van der Waals surface area contributed by atoms with Gasteiger partial charge in [-0.3, -0.25) is 9.10 Å². The molecule has 0 heterocycles. The molecule has 0 aliphatic rings. The van der Waals surface area contributed by atoms with Crippen LogP contribution in [-0.2, 0) is 14.8 Å². The molecule has 7 heteroatoms. The second-order valence-electron chi connectivity index (χ2n) is 6.13. The first-order valence-corrected chi connectivity index (χ1v) is 10.1. The fourth-order valence-electron chi connectivity index (χ4n) is 2.34. The van der Waals surface area contributed by atoms with Crippen LogP contribution in [0, 0.1) is 0 Å². The average Bonchev–Trinajstić information content (AvgIpc) is 2.61. The molecule has 2 aromatic carbocycles. The second kappa shape index (κ2) is 8.23. The van der Waals surface area contributed by atoms with Crippen molar-refractivity contribution in [2.75, 3.05) is 17.6 Å². The fraction of sp³-hybridized carbons (Fsp3) is 0.316. The second-order valence-corrected chi connectivity index (χ2v) is 8.14. The Morgan fingerprint density at radius 3 is 2.15 bits per heavy atom. The van der Waals surface area contributed by atoms with Crippen LogP contribution in [0.25, 0.3) is 0 Å². The Morgan fingerprint density at radius 1 is 1.04 bits per heavy atom. The van der Waals surface area contributed by atoms with Gasteiger partial charge < -0.3 is 10.1 Å². The molecule has 1 N–H and O–H groups in total. The van der Waals surface area contributed by atoms with Gasteiger partial charge in [0.25, 0.3) is 5.91 Å². The zero-order valence-electron chi connectivity index (χ0n) is 15.3. The van der Waals surface area contributed by atoms with E-state index in [4.69, 9.17) is 4.74 Å². The van der Waals surface area contributed by atoms with Crippen LogP contribution < -0.4 is 14.4 Å². The summed E-state index contributed by atoms with van der Waals surface area (Å²) in [6.45, 7) is 3.58. The van der Waals surface area contributed by atoms with Crippen molar-refractivity contribution in [3.05, 3.63) is 60.2 Å². The minimum absolute atomic E-state index is 0.125. The maximum atomic E-state index is 12.3. The highest BCUT2D eigenvalue weighted by Crippen LogP contribution is 2.21. The Balaban J connectivity index is 1.96. The van der Waals surface area contributed by atoms with Crippen LogP contribution in [0.15, 0.2) is 54.6 Å². The normalized spacial score (nSPS) is 13.5. The third-order valence-electron chi connectivity index (χ3n) is 4.04. The minimum atomic E-state index is -3.32. The Bertz CT molecular complexity index is 836. The van der Waals surface area contributed by atoms with E-state index in [1.165, 1.54) is 11.4 Å². The van der Waals surface area contributed by atoms with Crippen molar-refractivity contribution in [1.29, 1.82) is 0 Å². The molecule has 26 heavy (non-hydrogen) atoms. The molecule has 0 bridgehead atoms. The number of carbonyl (C=O) groups is 1. The quantitative estimate of drug-likeness (QED) is 0.806. The molecule has 0 fully saturated rings. The van der Waals surface area contributed by atoms with Gasteiger partial charge in [0.2, 0.25) is 10.0 Å². The third kappa shape index (κ3) is 5.23. The number of anilines is 1. The van der Waals surface area contributed by atoms with Crippen LogP contribution >= 0.6 is 0 Å². The smallest absolute Gasteiger partial charge is 0.261 e. The molecule has 6 nitrogen and oxygen atoms in total. The minimum Gasteiger partial charge on any atom is -0.481 e. The van der Waals surface area contributed by atoms with Gasteiger partial charge in [-0.05, 0) is 43.7 Å². The summed E-state index contributed by atoms with van der Waals surface area (Å²) in [5.41, 5.74) is 1.54. The van der Waals surface area contributed by atoms with E-state index in [-0.39, 0.29) is 11.9 Å². The predicted molar refractivity (Wildman–Crippen MR) is 103 cm³/mol. The summed E-state index contributed by atoms with van der Waals surface area (Å²) in [4.78, 5) is 12.3. The highest BCUT2D eigenvalue weighted by atomic mass is 32.2. The van der Waals surface area contributed by atoms with Gasteiger partial charge in [-0.1, -0.05) is 30.3 Å². The van der Waals surface area contributed by atoms with E-state index in [2.05, 4.69) is 5.32 Å². The summed E-state index contributed by atoms with van der Waals surface area (Å²) < 4.78 is 29.9. The summed E-state index contributed by atoms with van der Waals surface area (Å²) in [6, 6.07) is 16.1. The van der Waals surface area contributed by atoms with Gasteiger partial charge in [-0.2, -0.15) is 0 Å². The van der Waals surface area contributed by atoms with Crippen LogP contribution in [0.5, 0.6) is 5.75 Å². The zero-order chi connectivity index (χ0) is 19.3. The zero-order valence-corrected chi connectivity index (χ0v) is 16.2. The van der Waals surface area contributed by atoms with Crippen molar-refractivity contribution in [1.82, 2.24) is 5.32 Å².